The lowest BCUT2D eigenvalue weighted by Crippen LogP contribution is -2.60. The fourth-order valence-corrected chi connectivity index (χ4v) is 4.54. The molecule has 1 aromatic heterocycles. The molecule has 35 heavy (non-hydrogen) atoms. The van der Waals surface area contributed by atoms with Gasteiger partial charge in [0.15, 0.2) is 11.9 Å². The van der Waals surface area contributed by atoms with Crippen LogP contribution in [0.1, 0.15) is 41.7 Å². The number of hydrogen-bond acceptors (Lipinski definition) is 10. The molecule has 0 unspecified atom stereocenters. The minimum atomic E-state index is -2.00. The van der Waals surface area contributed by atoms with Gasteiger partial charge in [-0.25, -0.2) is 14.0 Å². The molecule has 1 saturated heterocycles. The van der Waals surface area contributed by atoms with Crippen LogP contribution in [0, 0.1) is 5.82 Å². The molecule has 13 heteroatoms. The first-order valence-electron chi connectivity index (χ1n) is 10.9. The van der Waals surface area contributed by atoms with Gasteiger partial charge in [0.05, 0.1) is 22.5 Å². The van der Waals surface area contributed by atoms with Gasteiger partial charge in [0, 0.05) is 11.7 Å². The number of aliphatic carboxylic acids is 1. The maximum atomic E-state index is 15.1. The van der Waals surface area contributed by atoms with E-state index >= 15 is 4.39 Å². The fourth-order valence-electron chi connectivity index (χ4n) is 4.54. The fraction of sp³-hybridized carbons (Fsp3) is 0.500. The van der Waals surface area contributed by atoms with E-state index < -0.39 is 65.0 Å². The van der Waals surface area contributed by atoms with E-state index in [9.17, 15) is 29.7 Å². The van der Waals surface area contributed by atoms with Crippen LogP contribution in [0.5, 0.6) is 5.75 Å². The molecular weight excluding hydrogens is 471 g/mol. The average molecular weight is 494 g/mol. The van der Waals surface area contributed by atoms with Crippen molar-refractivity contribution in [2.24, 2.45) is 5.73 Å². The van der Waals surface area contributed by atoms with Crippen LogP contribution in [0.25, 0.3) is 10.9 Å². The molecule has 0 bridgehead atoms. The van der Waals surface area contributed by atoms with Gasteiger partial charge in [0.2, 0.25) is 11.7 Å². The molecule has 188 valence electrons. The van der Waals surface area contributed by atoms with E-state index in [1.54, 1.807) is 11.5 Å². The number of rotatable bonds is 4. The van der Waals surface area contributed by atoms with Crippen molar-refractivity contribution in [1.82, 2.24) is 4.57 Å². The Morgan fingerprint density at radius 3 is 2.54 bits per heavy atom. The zero-order chi connectivity index (χ0) is 25.4. The molecule has 0 radical (unpaired) electrons. The molecule has 1 saturated carbocycles. The topological polar surface area (TPSA) is 191 Å². The zero-order valence-corrected chi connectivity index (χ0v) is 18.4. The van der Waals surface area contributed by atoms with Crippen molar-refractivity contribution in [2.45, 2.75) is 62.1 Å². The minimum absolute atomic E-state index is 0.112. The summed E-state index contributed by atoms with van der Waals surface area (Å²) in [4.78, 5) is 37.4. The molecule has 3 aliphatic rings. The molecule has 1 aromatic carbocycles. The van der Waals surface area contributed by atoms with Crippen LogP contribution in [0.2, 0.25) is 0 Å². The number of carboxylic acid groups (broad SMARTS) is 1. The first kappa shape index (κ1) is 23.6. The third-order valence-corrected chi connectivity index (χ3v) is 6.71. The Morgan fingerprint density at radius 1 is 1.23 bits per heavy atom. The number of hydrogen-bond donors (Lipinski definition) is 5. The van der Waals surface area contributed by atoms with E-state index in [2.05, 4.69) is 0 Å². The number of aliphatic hydroxyl groups excluding tert-OH is 3. The number of ether oxygens (including phenoxy) is 3. The van der Waals surface area contributed by atoms with Crippen LogP contribution >= 0.6 is 0 Å². The Kier molecular flexibility index (Phi) is 5.38. The quantitative estimate of drug-likeness (QED) is 0.331. The molecule has 2 fully saturated rings. The Bertz CT molecular complexity index is 1310. The van der Waals surface area contributed by atoms with Crippen LogP contribution in [-0.4, -0.2) is 74.2 Å². The first-order valence-corrected chi connectivity index (χ1v) is 10.9. The summed E-state index contributed by atoms with van der Waals surface area (Å²) < 4.78 is 32.4. The molecule has 2 aromatic rings. The van der Waals surface area contributed by atoms with Gasteiger partial charge in [-0.2, -0.15) is 0 Å². The summed E-state index contributed by atoms with van der Waals surface area (Å²) in [6.45, 7) is 1.87. The summed E-state index contributed by atoms with van der Waals surface area (Å²) in [7, 11) is 0. The third-order valence-electron chi connectivity index (χ3n) is 6.71. The molecule has 2 aliphatic heterocycles. The van der Waals surface area contributed by atoms with Crippen molar-refractivity contribution in [3.05, 3.63) is 39.4 Å². The number of carboxylic acids is 1. The van der Waals surface area contributed by atoms with Crippen LogP contribution < -0.4 is 15.9 Å². The molecule has 6 N–H and O–H groups in total. The van der Waals surface area contributed by atoms with Gasteiger partial charge >= 0.3 is 11.9 Å². The largest absolute Gasteiger partial charge is 0.489 e. The van der Waals surface area contributed by atoms with Crippen LogP contribution in [0.4, 0.5) is 4.39 Å². The second-order valence-electron chi connectivity index (χ2n) is 9.19. The average Bonchev–Trinajstić information content (AvgIpc) is 3.54. The molecule has 5 rings (SSSR count). The summed E-state index contributed by atoms with van der Waals surface area (Å²) in [5, 5.41) is 38.8. The van der Waals surface area contributed by atoms with Crippen molar-refractivity contribution >= 4 is 22.8 Å². The van der Waals surface area contributed by atoms with Crippen LogP contribution in [0.3, 0.4) is 0 Å². The Morgan fingerprint density at radius 2 is 1.91 bits per heavy atom. The highest BCUT2D eigenvalue weighted by molar-refractivity contribution is 5.96. The number of pyridine rings is 1. The minimum Gasteiger partial charge on any atom is -0.489 e. The Labute approximate surface area is 196 Å². The number of aliphatic hydroxyl groups is 3. The zero-order valence-electron chi connectivity index (χ0n) is 18.4. The number of aromatic nitrogens is 1. The van der Waals surface area contributed by atoms with Crippen LogP contribution in [-0.2, 0) is 19.8 Å². The molecule has 1 aliphatic carbocycles. The van der Waals surface area contributed by atoms with E-state index in [1.165, 1.54) is 6.20 Å². The third kappa shape index (κ3) is 3.58. The van der Waals surface area contributed by atoms with Crippen LogP contribution in [0.15, 0.2) is 17.1 Å². The van der Waals surface area contributed by atoms with E-state index in [0.717, 1.165) is 6.07 Å². The van der Waals surface area contributed by atoms with Gasteiger partial charge in [0.25, 0.3) is 0 Å². The second-order valence-corrected chi connectivity index (χ2v) is 9.19. The number of esters is 1. The highest BCUT2D eigenvalue weighted by Gasteiger charge is 2.49. The van der Waals surface area contributed by atoms with Crippen molar-refractivity contribution in [2.75, 3.05) is 6.61 Å². The highest BCUT2D eigenvalue weighted by atomic mass is 19.1. The normalized spacial score (nSPS) is 31.0. The van der Waals surface area contributed by atoms with Crippen molar-refractivity contribution in [3.8, 4) is 5.75 Å². The van der Waals surface area contributed by atoms with Gasteiger partial charge < -0.3 is 44.9 Å². The lowest BCUT2D eigenvalue weighted by molar-refractivity contribution is -0.278. The van der Waals surface area contributed by atoms with Gasteiger partial charge in [-0.05, 0) is 25.8 Å². The van der Waals surface area contributed by atoms with Crippen molar-refractivity contribution in [3.63, 3.8) is 0 Å². The number of carbonyl (C=O) groups is 2. The summed E-state index contributed by atoms with van der Waals surface area (Å²) in [5.41, 5.74) is 4.35. The predicted molar refractivity (Wildman–Crippen MR) is 113 cm³/mol. The summed E-state index contributed by atoms with van der Waals surface area (Å²) in [5.74, 6) is -3.58. The molecule has 0 spiro atoms. The summed E-state index contributed by atoms with van der Waals surface area (Å²) in [6, 6.07) is 0.623. The molecule has 6 atom stereocenters. The number of benzene rings is 1. The smallest absolute Gasteiger partial charge is 0.346 e. The van der Waals surface area contributed by atoms with Gasteiger partial charge in [-0.3, -0.25) is 4.79 Å². The van der Waals surface area contributed by atoms with Crippen molar-refractivity contribution in [1.29, 1.82) is 0 Å². The molecular formula is C22H23FN2O10. The number of nitrogens with two attached hydrogens (primary N) is 1. The van der Waals surface area contributed by atoms with Crippen molar-refractivity contribution < 1.29 is 48.6 Å². The number of halogens is 1. The number of carbonyl (C=O) groups excluding carboxylic acids is 1. The van der Waals surface area contributed by atoms with E-state index in [-0.39, 0.29) is 34.9 Å². The van der Waals surface area contributed by atoms with E-state index in [4.69, 9.17) is 25.1 Å². The molecule has 12 nitrogen and oxygen atoms in total. The van der Waals surface area contributed by atoms with Gasteiger partial charge in [-0.1, -0.05) is 0 Å². The standard InChI is InChI=1S/C22H23FN2O10/c1-7-6-33-17-11(22(24)2-3-22)10(23)4-8-12(17)25(7)5-9(13(8)26)20(32)35-21-16(29)14(27)15(28)18(34-21)19(30)31/h4-5,7,14-16,18,21,27-29H,2-3,6,24H2,1H3,(H,30,31)/t7-,14+,15+,16-,18+,21+/m0/s1. The van der Waals surface area contributed by atoms with E-state index in [1.807, 2.05) is 0 Å². The Balaban J connectivity index is 1.57. The van der Waals surface area contributed by atoms with E-state index in [0.29, 0.717) is 12.8 Å². The highest BCUT2D eigenvalue weighted by Crippen LogP contribution is 2.50. The first-order chi connectivity index (χ1) is 16.4. The van der Waals surface area contributed by atoms with Gasteiger partial charge in [0.1, 0.15) is 36.3 Å². The maximum Gasteiger partial charge on any atom is 0.346 e. The predicted octanol–water partition coefficient (Wildman–Crippen LogP) is -0.909. The monoisotopic (exact) mass is 494 g/mol. The Hall–Kier alpha value is -3.10. The SMILES string of the molecule is C[C@H]1COc2c(C3(N)CC3)c(F)cc3c(=O)c(C(=O)O[C@H]4O[C@@H](C(=O)O)[C@H](O)[C@@H](O)[C@@H]4O)cn1c23. The number of nitrogens with zero attached hydrogens (tertiary/aromatic N) is 1. The lowest BCUT2D eigenvalue weighted by atomic mass is 9.98. The molecule has 0 amide bonds. The second kappa shape index (κ2) is 7.96. The maximum absolute atomic E-state index is 15.1. The van der Waals surface area contributed by atoms with Gasteiger partial charge in [-0.15, -0.1) is 0 Å². The molecule has 3 heterocycles. The lowest BCUT2D eigenvalue weighted by Gasteiger charge is -2.38. The summed E-state index contributed by atoms with van der Waals surface area (Å²) >= 11 is 0. The summed E-state index contributed by atoms with van der Waals surface area (Å²) in [6.07, 6.45) is -7.67.